The van der Waals surface area contributed by atoms with E-state index in [0.29, 0.717) is 41.3 Å². The highest BCUT2D eigenvalue weighted by Gasteiger charge is 2.27. The van der Waals surface area contributed by atoms with Crippen LogP contribution in [0.2, 0.25) is 0 Å². The Bertz CT molecular complexity index is 602. The fourth-order valence-corrected chi connectivity index (χ4v) is 3.85. The van der Waals surface area contributed by atoms with Gasteiger partial charge < -0.3 is 24.3 Å². The van der Waals surface area contributed by atoms with Crippen LogP contribution in [-0.4, -0.2) is 71.0 Å². The smallest absolute Gasteiger partial charge is 0.251 e. The predicted octanol–water partition coefficient (Wildman–Crippen LogP) is 2.58. The van der Waals surface area contributed by atoms with Crippen LogP contribution in [-0.2, 0) is 4.74 Å². The zero-order valence-corrected chi connectivity index (χ0v) is 17.7. The number of carbonyl (C=O) groups is 1. The maximum Gasteiger partial charge on any atom is 0.251 e. The second-order valence-electron chi connectivity index (χ2n) is 6.92. The number of ether oxygens (including phenoxy) is 4. The average Bonchev–Trinajstić information content (AvgIpc) is 2.75. The third-order valence-electron chi connectivity index (χ3n) is 5.51. The van der Waals surface area contributed by atoms with E-state index in [1.165, 1.54) is 0 Å². The molecule has 0 radical (unpaired) electrons. The van der Waals surface area contributed by atoms with Crippen molar-refractivity contribution in [2.75, 3.05) is 54.2 Å². The summed E-state index contributed by atoms with van der Waals surface area (Å²) >= 11 is 0. The molecule has 7 heteroatoms. The molecule has 28 heavy (non-hydrogen) atoms. The number of carbonyl (C=O) groups excluding carboxylic acids is 1. The van der Waals surface area contributed by atoms with E-state index in [-0.39, 0.29) is 5.91 Å². The predicted molar refractivity (Wildman–Crippen MR) is 109 cm³/mol. The lowest BCUT2D eigenvalue weighted by Gasteiger charge is -2.38. The van der Waals surface area contributed by atoms with Gasteiger partial charge in [-0.1, -0.05) is 26.7 Å². The molecule has 1 N–H and O–H groups in total. The number of hydrogen-bond acceptors (Lipinski definition) is 6. The fraction of sp³-hybridized carbons (Fsp3) is 0.667. The monoisotopic (exact) mass is 394 g/mol. The molecule has 1 aromatic rings. The van der Waals surface area contributed by atoms with Crippen LogP contribution in [0.4, 0.5) is 0 Å². The first-order chi connectivity index (χ1) is 13.6. The summed E-state index contributed by atoms with van der Waals surface area (Å²) in [6, 6.07) is 3.65. The van der Waals surface area contributed by atoms with Crippen molar-refractivity contribution in [3.8, 4) is 17.2 Å². The van der Waals surface area contributed by atoms with E-state index in [1.807, 2.05) is 0 Å². The third kappa shape index (κ3) is 5.29. The number of morpholine rings is 1. The Morgan fingerprint density at radius 3 is 2.11 bits per heavy atom. The first-order valence-corrected chi connectivity index (χ1v) is 9.99. The van der Waals surface area contributed by atoms with Crippen LogP contribution in [0.1, 0.15) is 37.0 Å². The number of hydrogen-bond donors (Lipinski definition) is 1. The quantitative estimate of drug-likeness (QED) is 0.658. The van der Waals surface area contributed by atoms with Gasteiger partial charge in [0.25, 0.3) is 5.91 Å². The SMILES string of the molecule is CCC(CC)[C@H](CNC(=O)c1cc(OC)c(OC)c(OC)c1)N1CCOCC1. The molecular weight excluding hydrogens is 360 g/mol. The van der Waals surface area contributed by atoms with Crippen LogP contribution >= 0.6 is 0 Å². The van der Waals surface area contributed by atoms with E-state index in [1.54, 1.807) is 33.5 Å². The molecule has 0 unspecified atom stereocenters. The largest absolute Gasteiger partial charge is 0.493 e. The molecule has 158 valence electrons. The molecule has 1 aromatic carbocycles. The number of nitrogens with one attached hydrogen (secondary N) is 1. The minimum Gasteiger partial charge on any atom is -0.493 e. The molecule has 1 aliphatic rings. The zero-order valence-electron chi connectivity index (χ0n) is 17.7. The number of methoxy groups -OCH3 is 3. The molecule has 0 aliphatic carbocycles. The van der Waals surface area contributed by atoms with E-state index in [4.69, 9.17) is 18.9 Å². The summed E-state index contributed by atoms with van der Waals surface area (Å²) < 4.78 is 21.5. The van der Waals surface area contributed by atoms with Crippen molar-refractivity contribution in [1.29, 1.82) is 0 Å². The molecule has 1 heterocycles. The molecular formula is C21H34N2O5. The normalized spacial score (nSPS) is 15.9. The summed E-state index contributed by atoms with van der Waals surface area (Å²) in [6.07, 6.45) is 2.16. The highest BCUT2D eigenvalue weighted by Crippen LogP contribution is 2.38. The van der Waals surface area contributed by atoms with Gasteiger partial charge in [-0.15, -0.1) is 0 Å². The van der Waals surface area contributed by atoms with Gasteiger partial charge in [-0.25, -0.2) is 0 Å². The minimum atomic E-state index is -0.150. The van der Waals surface area contributed by atoms with Crippen molar-refractivity contribution < 1.29 is 23.7 Å². The Labute approximate surface area is 168 Å². The topological polar surface area (TPSA) is 69.3 Å². The summed E-state index contributed by atoms with van der Waals surface area (Å²) in [5.74, 6) is 1.79. The van der Waals surface area contributed by atoms with Gasteiger partial charge in [0.1, 0.15) is 0 Å². The highest BCUT2D eigenvalue weighted by molar-refractivity contribution is 5.95. The highest BCUT2D eigenvalue weighted by atomic mass is 16.5. The Morgan fingerprint density at radius 1 is 1.07 bits per heavy atom. The molecule has 1 saturated heterocycles. The van der Waals surface area contributed by atoms with Gasteiger partial charge in [0, 0.05) is 31.2 Å². The number of amides is 1. The first-order valence-electron chi connectivity index (χ1n) is 9.99. The number of rotatable bonds is 10. The molecule has 0 spiro atoms. The summed E-state index contributed by atoms with van der Waals surface area (Å²) in [4.78, 5) is 15.3. The Morgan fingerprint density at radius 2 is 1.64 bits per heavy atom. The van der Waals surface area contributed by atoms with Gasteiger partial charge in [-0.2, -0.15) is 0 Å². The van der Waals surface area contributed by atoms with Crippen LogP contribution < -0.4 is 19.5 Å². The minimum absolute atomic E-state index is 0.150. The molecule has 1 amide bonds. The molecule has 0 bridgehead atoms. The van der Waals surface area contributed by atoms with Gasteiger partial charge in [0.15, 0.2) is 11.5 Å². The van der Waals surface area contributed by atoms with Crippen molar-refractivity contribution in [3.05, 3.63) is 17.7 Å². The number of nitrogens with zero attached hydrogens (tertiary/aromatic N) is 1. The van der Waals surface area contributed by atoms with E-state index < -0.39 is 0 Å². The van der Waals surface area contributed by atoms with E-state index >= 15 is 0 Å². The summed E-state index contributed by atoms with van der Waals surface area (Å²) in [6.45, 7) is 8.32. The van der Waals surface area contributed by atoms with E-state index in [2.05, 4.69) is 24.1 Å². The lowest BCUT2D eigenvalue weighted by molar-refractivity contribution is 0.00191. The van der Waals surface area contributed by atoms with Crippen molar-refractivity contribution in [2.45, 2.75) is 32.7 Å². The maximum absolute atomic E-state index is 12.9. The van der Waals surface area contributed by atoms with E-state index in [9.17, 15) is 4.79 Å². The molecule has 1 atom stereocenters. The van der Waals surface area contributed by atoms with Crippen molar-refractivity contribution in [3.63, 3.8) is 0 Å². The molecule has 0 aromatic heterocycles. The molecule has 7 nitrogen and oxygen atoms in total. The number of benzene rings is 1. The van der Waals surface area contributed by atoms with Crippen LogP contribution in [0.15, 0.2) is 12.1 Å². The lowest BCUT2D eigenvalue weighted by atomic mass is 9.92. The summed E-state index contributed by atoms with van der Waals surface area (Å²) in [5.41, 5.74) is 0.486. The fourth-order valence-electron chi connectivity index (χ4n) is 3.85. The Hall–Kier alpha value is -1.99. The maximum atomic E-state index is 12.9. The van der Waals surface area contributed by atoms with Crippen LogP contribution in [0, 0.1) is 5.92 Å². The third-order valence-corrected chi connectivity index (χ3v) is 5.51. The Balaban J connectivity index is 2.15. The molecule has 2 rings (SSSR count). The molecule has 0 saturated carbocycles. The molecule has 1 aliphatic heterocycles. The average molecular weight is 395 g/mol. The van der Waals surface area contributed by atoms with Crippen molar-refractivity contribution in [1.82, 2.24) is 10.2 Å². The van der Waals surface area contributed by atoms with E-state index in [0.717, 1.165) is 39.1 Å². The van der Waals surface area contributed by atoms with Crippen LogP contribution in [0.3, 0.4) is 0 Å². The first kappa shape index (κ1) is 22.3. The van der Waals surface area contributed by atoms with Gasteiger partial charge >= 0.3 is 0 Å². The summed E-state index contributed by atoms with van der Waals surface area (Å²) in [7, 11) is 4.63. The van der Waals surface area contributed by atoms with Crippen molar-refractivity contribution >= 4 is 5.91 Å². The van der Waals surface area contributed by atoms with Gasteiger partial charge in [-0.3, -0.25) is 9.69 Å². The van der Waals surface area contributed by atoms with Crippen LogP contribution in [0.5, 0.6) is 17.2 Å². The zero-order chi connectivity index (χ0) is 20.5. The standard InChI is InChI=1S/C21H34N2O5/c1-6-15(7-2)17(23-8-10-28-11-9-23)14-22-21(24)16-12-18(25-3)20(27-5)19(13-16)26-4/h12-13,15,17H,6-11,14H2,1-5H3,(H,22,24)/t17-/m0/s1. The summed E-state index contributed by atoms with van der Waals surface area (Å²) in [5, 5.41) is 3.11. The van der Waals surface area contributed by atoms with Gasteiger partial charge in [-0.05, 0) is 18.1 Å². The van der Waals surface area contributed by atoms with Gasteiger partial charge in [0.2, 0.25) is 5.75 Å². The van der Waals surface area contributed by atoms with Gasteiger partial charge in [0.05, 0.1) is 34.5 Å². The van der Waals surface area contributed by atoms with Crippen molar-refractivity contribution in [2.24, 2.45) is 5.92 Å². The second kappa shape index (κ2) is 11.1. The van der Waals surface area contributed by atoms with Crippen LogP contribution in [0.25, 0.3) is 0 Å². The Kier molecular flexibility index (Phi) is 8.86. The second-order valence-corrected chi connectivity index (χ2v) is 6.92. The lowest BCUT2D eigenvalue weighted by Crippen LogP contribution is -2.52. The molecule has 1 fully saturated rings.